The van der Waals surface area contributed by atoms with Crippen molar-refractivity contribution in [1.29, 1.82) is 0 Å². The first-order valence-electron chi connectivity index (χ1n) is 9.04. The van der Waals surface area contributed by atoms with Gasteiger partial charge in [-0.1, -0.05) is 11.6 Å². The number of aryl methyl sites for hydroxylation is 1. The lowest BCUT2D eigenvalue weighted by molar-refractivity contribution is 0.0986. The number of ketones is 1. The van der Waals surface area contributed by atoms with E-state index in [-0.39, 0.29) is 12.3 Å². The van der Waals surface area contributed by atoms with Crippen LogP contribution in [0.2, 0.25) is 5.02 Å². The maximum atomic E-state index is 12.5. The van der Waals surface area contributed by atoms with Crippen molar-refractivity contribution in [3.63, 3.8) is 0 Å². The molecule has 3 aromatic rings. The molecule has 1 heterocycles. The number of hydrogen-bond donors (Lipinski definition) is 3. The molecule has 0 fully saturated rings. The Bertz CT molecular complexity index is 1100. The van der Waals surface area contributed by atoms with Gasteiger partial charge in [0.2, 0.25) is 0 Å². The number of ether oxygens (including phenoxy) is 1. The van der Waals surface area contributed by atoms with Crippen molar-refractivity contribution in [2.45, 2.75) is 26.2 Å². The third-order valence-electron chi connectivity index (χ3n) is 5.09. The highest BCUT2D eigenvalue weighted by Gasteiger charge is 2.26. The Morgan fingerprint density at radius 2 is 2.04 bits per heavy atom. The number of Topliss-reactive ketones (excluding diaryl/α,β-unsaturated/α-hetero) is 1. The molecule has 6 nitrogen and oxygen atoms in total. The Kier molecular flexibility index (Phi) is 4.73. The van der Waals surface area contributed by atoms with Crippen molar-refractivity contribution in [2.24, 2.45) is 0 Å². The Morgan fingerprint density at radius 1 is 1.25 bits per heavy atom. The van der Waals surface area contributed by atoms with Crippen LogP contribution in [0.15, 0.2) is 30.5 Å². The molecular weight excluding hydrogens is 380 g/mol. The van der Waals surface area contributed by atoms with E-state index in [0.29, 0.717) is 22.1 Å². The fourth-order valence-corrected chi connectivity index (χ4v) is 4.01. The second kappa shape index (κ2) is 7.20. The molecule has 7 heteroatoms. The third kappa shape index (κ3) is 3.31. The summed E-state index contributed by atoms with van der Waals surface area (Å²) < 4.78 is 6.15. The summed E-state index contributed by atoms with van der Waals surface area (Å²) in [5.74, 6) is 0.959. The van der Waals surface area contributed by atoms with E-state index in [2.05, 4.69) is 10.3 Å². The second-order valence-electron chi connectivity index (χ2n) is 6.91. The van der Waals surface area contributed by atoms with Gasteiger partial charge in [-0.25, -0.2) is 4.79 Å². The van der Waals surface area contributed by atoms with Crippen LogP contribution >= 0.6 is 11.6 Å². The molecule has 28 heavy (non-hydrogen) atoms. The Labute approximate surface area is 166 Å². The molecule has 0 unspecified atom stereocenters. The zero-order valence-corrected chi connectivity index (χ0v) is 16.0. The van der Waals surface area contributed by atoms with Gasteiger partial charge in [0.1, 0.15) is 11.5 Å². The number of nitrogens with one attached hydrogen (secondary N) is 2. The number of carbonyl (C=O) groups is 2. The number of amides is 1. The average Bonchev–Trinajstić information content (AvgIpc) is 3.29. The van der Waals surface area contributed by atoms with Gasteiger partial charge >= 0.3 is 6.09 Å². The third-order valence-corrected chi connectivity index (χ3v) is 5.37. The lowest BCUT2D eigenvalue weighted by atomic mass is 9.99. The number of halogens is 1. The summed E-state index contributed by atoms with van der Waals surface area (Å²) >= 11 is 6.48. The quantitative estimate of drug-likeness (QED) is 0.535. The van der Waals surface area contributed by atoms with Crippen molar-refractivity contribution in [2.75, 3.05) is 6.54 Å². The van der Waals surface area contributed by atoms with Crippen molar-refractivity contribution < 1.29 is 19.4 Å². The maximum Gasteiger partial charge on any atom is 0.405 e. The summed E-state index contributed by atoms with van der Waals surface area (Å²) in [7, 11) is 0. The number of fused-ring (bicyclic) bond motifs is 2. The molecule has 1 aliphatic carbocycles. The summed E-state index contributed by atoms with van der Waals surface area (Å²) in [6.45, 7) is 1.75. The summed E-state index contributed by atoms with van der Waals surface area (Å²) in [6.07, 6.45) is 3.13. The molecule has 2 aromatic carbocycles. The van der Waals surface area contributed by atoms with Gasteiger partial charge in [-0.2, -0.15) is 0 Å². The minimum Gasteiger partial charge on any atom is -0.465 e. The average molecular weight is 399 g/mol. The monoisotopic (exact) mass is 398 g/mol. The molecular formula is C21H19ClN2O4. The number of rotatable bonds is 5. The number of aromatic nitrogens is 1. The summed E-state index contributed by atoms with van der Waals surface area (Å²) in [6, 6.07) is 7.40. The van der Waals surface area contributed by atoms with Gasteiger partial charge < -0.3 is 20.1 Å². The van der Waals surface area contributed by atoms with Crippen LogP contribution in [0.4, 0.5) is 4.79 Å². The molecule has 1 amide bonds. The smallest absolute Gasteiger partial charge is 0.405 e. The van der Waals surface area contributed by atoms with E-state index in [4.69, 9.17) is 21.4 Å². The van der Waals surface area contributed by atoms with Gasteiger partial charge in [0.15, 0.2) is 5.78 Å². The molecule has 0 atom stereocenters. The fourth-order valence-electron chi connectivity index (χ4n) is 3.75. The Balaban J connectivity index is 1.69. The minimum absolute atomic E-state index is 0.276. The molecule has 0 saturated carbocycles. The molecule has 3 N–H and O–H groups in total. The topological polar surface area (TPSA) is 91.4 Å². The van der Waals surface area contributed by atoms with Crippen molar-refractivity contribution in [1.82, 2.24) is 10.3 Å². The van der Waals surface area contributed by atoms with Gasteiger partial charge in [0.25, 0.3) is 0 Å². The minimum atomic E-state index is -1.23. The maximum absolute atomic E-state index is 12.5. The highest BCUT2D eigenvalue weighted by Crippen LogP contribution is 2.41. The number of H-pyrrole nitrogens is 1. The fraction of sp³-hybridized carbons (Fsp3) is 0.238. The van der Waals surface area contributed by atoms with Crippen LogP contribution in [0, 0.1) is 6.92 Å². The van der Waals surface area contributed by atoms with E-state index in [1.54, 1.807) is 6.07 Å². The van der Waals surface area contributed by atoms with Crippen LogP contribution in [0.1, 0.15) is 33.5 Å². The standard InChI is InChI=1S/C21H19ClN2O4/c1-11-9-23-18-6-5-12(7-15(11)18)28-20-14-4-2-3-13(14)16(8-17(20)22)19(25)10-24-21(26)27/h5-9,23-24H,2-4,10H2,1H3,(H,26,27). The molecule has 4 rings (SSSR count). The van der Waals surface area contributed by atoms with Crippen LogP contribution in [-0.4, -0.2) is 28.5 Å². The molecule has 1 aromatic heterocycles. The van der Waals surface area contributed by atoms with E-state index in [1.165, 1.54) is 0 Å². The predicted molar refractivity (Wildman–Crippen MR) is 107 cm³/mol. The van der Waals surface area contributed by atoms with E-state index in [0.717, 1.165) is 46.9 Å². The molecule has 0 spiro atoms. The van der Waals surface area contributed by atoms with Gasteiger partial charge in [0, 0.05) is 28.2 Å². The first-order chi connectivity index (χ1) is 13.4. The van der Waals surface area contributed by atoms with Crippen LogP contribution in [-0.2, 0) is 12.8 Å². The van der Waals surface area contributed by atoms with Crippen molar-refractivity contribution in [3.8, 4) is 11.5 Å². The van der Waals surface area contributed by atoms with Crippen molar-refractivity contribution >= 4 is 34.4 Å². The molecule has 0 aliphatic heterocycles. The van der Waals surface area contributed by atoms with Crippen LogP contribution in [0.25, 0.3) is 10.9 Å². The van der Waals surface area contributed by atoms with Crippen LogP contribution in [0.5, 0.6) is 11.5 Å². The Morgan fingerprint density at radius 3 is 2.82 bits per heavy atom. The van der Waals surface area contributed by atoms with Gasteiger partial charge in [-0.3, -0.25) is 4.79 Å². The molecule has 0 bridgehead atoms. The molecule has 144 valence electrons. The predicted octanol–water partition coefficient (Wildman–Crippen LogP) is 4.86. The lowest BCUT2D eigenvalue weighted by Crippen LogP contribution is -2.28. The van der Waals surface area contributed by atoms with E-state index >= 15 is 0 Å². The first kappa shape index (κ1) is 18.4. The lowest BCUT2D eigenvalue weighted by Gasteiger charge is -2.16. The normalized spacial score (nSPS) is 12.8. The van der Waals surface area contributed by atoms with Gasteiger partial charge in [0.05, 0.1) is 11.6 Å². The van der Waals surface area contributed by atoms with E-state index in [1.807, 2.05) is 31.3 Å². The number of carboxylic acid groups (broad SMARTS) is 1. The van der Waals surface area contributed by atoms with Crippen LogP contribution in [0.3, 0.4) is 0 Å². The summed E-state index contributed by atoms with van der Waals surface area (Å²) in [5.41, 5.74) is 4.46. The zero-order chi connectivity index (χ0) is 19.8. The highest BCUT2D eigenvalue weighted by atomic mass is 35.5. The number of benzene rings is 2. The summed E-state index contributed by atoms with van der Waals surface area (Å²) in [5, 5.41) is 12.3. The zero-order valence-electron chi connectivity index (χ0n) is 15.3. The SMILES string of the molecule is Cc1c[nH]c2ccc(Oc3c(Cl)cc(C(=O)CNC(=O)O)c4c3CCC4)cc12. The van der Waals surface area contributed by atoms with E-state index in [9.17, 15) is 9.59 Å². The second-order valence-corrected chi connectivity index (χ2v) is 7.32. The largest absolute Gasteiger partial charge is 0.465 e. The van der Waals surface area contributed by atoms with Crippen LogP contribution < -0.4 is 10.1 Å². The first-order valence-corrected chi connectivity index (χ1v) is 9.41. The number of hydrogen-bond acceptors (Lipinski definition) is 3. The molecule has 1 aliphatic rings. The van der Waals surface area contributed by atoms with Gasteiger partial charge in [-0.05, 0) is 61.6 Å². The number of aromatic amines is 1. The van der Waals surface area contributed by atoms with Gasteiger partial charge in [-0.15, -0.1) is 0 Å². The summed E-state index contributed by atoms with van der Waals surface area (Å²) in [4.78, 5) is 26.3. The molecule has 0 radical (unpaired) electrons. The van der Waals surface area contributed by atoms with Crippen molar-refractivity contribution in [3.05, 3.63) is 57.7 Å². The number of carbonyl (C=O) groups excluding carboxylic acids is 1. The molecule has 0 saturated heterocycles. The van der Waals surface area contributed by atoms with E-state index < -0.39 is 6.09 Å². The Hall–Kier alpha value is -2.99. The highest BCUT2D eigenvalue weighted by molar-refractivity contribution is 6.32.